The monoisotopic (exact) mass is 382 g/mol. The van der Waals surface area contributed by atoms with Crippen molar-refractivity contribution < 1.29 is 9.59 Å². The first-order chi connectivity index (χ1) is 14.1. The molecule has 6 nitrogen and oxygen atoms in total. The van der Waals surface area contributed by atoms with E-state index in [-0.39, 0.29) is 5.91 Å². The maximum Gasteiger partial charge on any atom is 0.256 e. The third kappa shape index (κ3) is 3.91. The van der Waals surface area contributed by atoms with Gasteiger partial charge < -0.3 is 16.0 Å². The number of carbonyl (C=O) groups is 2. The van der Waals surface area contributed by atoms with Crippen molar-refractivity contribution in [2.24, 2.45) is 5.73 Å². The van der Waals surface area contributed by atoms with Crippen molar-refractivity contribution in [3.63, 3.8) is 0 Å². The van der Waals surface area contributed by atoms with Crippen LogP contribution in [0.25, 0.3) is 22.7 Å². The van der Waals surface area contributed by atoms with Gasteiger partial charge in [0.1, 0.15) is 11.5 Å². The normalized spacial score (nSPS) is 11.4. The summed E-state index contributed by atoms with van der Waals surface area (Å²) < 4.78 is 0. The van der Waals surface area contributed by atoms with E-state index in [0.717, 1.165) is 16.5 Å². The van der Waals surface area contributed by atoms with Crippen molar-refractivity contribution in [2.45, 2.75) is 0 Å². The van der Waals surface area contributed by atoms with Gasteiger partial charge in [-0.1, -0.05) is 48.5 Å². The molecule has 4 aromatic rings. The number of hydrogen-bond acceptors (Lipinski definition) is 3. The number of carbonyl (C=O) groups excluding carboxylic acids is 2. The maximum absolute atomic E-state index is 12.3. The van der Waals surface area contributed by atoms with Gasteiger partial charge in [-0.15, -0.1) is 0 Å². The number of benzene rings is 2. The van der Waals surface area contributed by atoms with E-state index in [0.29, 0.717) is 22.6 Å². The van der Waals surface area contributed by atoms with E-state index in [4.69, 9.17) is 5.73 Å². The molecule has 0 aliphatic rings. The summed E-state index contributed by atoms with van der Waals surface area (Å²) in [5, 5.41) is 3.60. The lowest BCUT2D eigenvalue weighted by molar-refractivity contribution is -0.112. The first-order valence-corrected chi connectivity index (χ1v) is 9.03. The van der Waals surface area contributed by atoms with Gasteiger partial charge in [0.15, 0.2) is 0 Å². The number of nitrogens with two attached hydrogens (primary N) is 1. The van der Waals surface area contributed by atoms with E-state index in [9.17, 15) is 9.59 Å². The fraction of sp³-hybridized carbons (Fsp3) is 0. The zero-order chi connectivity index (χ0) is 20.2. The average molecular weight is 382 g/mol. The number of hydrogen-bond donors (Lipinski definition) is 3. The zero-order valence-corrected chi connectivity index (χ0v) is 15.4. The smallest absolute Gasteiger partial charge is 0.256 e. The molecule has 6 heteroatoms. The molecule has 2 heterocycles. The molecule has 0 bridgehead atoms. The number of H-pyrrole nitrogens is 1. The van der Waals surface area contributed by atoms with Crippen LogP contribution in [0.2, 0.25) is 0 Å². The lowest BCUT2D eigenvalue weighted by Gasteiger charge is -2.05. The summed E-state index contributed by atoms with van der Waals surface area (Å²) in [6.07, 6.45) is 3.49. The van der Waals surface area contributed by atoms with E-state index < -0.39 is 5.91 Å². The maximum atomic E-state index is 12.3. The predicted molar refractivity (Wildman–Crippen MR) is 114 cm³/mol. The number of aromatic nitrogens is 2. The fourth-order valence-corrected chi connectivity index (χ4v) is 3.06. The van der Waals surface area contributed by atoms with Crippen molar-refractivity contribution in [2.75, 3.05) is 5.32 Å². The van der Waals surface area contributed by atoms with Crippen LogP contribution in [0.5, 0.6) is 0 Å². The van der Waals surface area contributed by atoms with Crippen LogP contribution in [0.15, 0.2) is 79.0 Å². The summed E-state index contributed by atoms with van der Waals surface area (Å²) in [5.41, 5.74) is 8.67. The minimum atomic E-state index is -0.509. The largest absolute Gasteiger partial charge is 0.366 e. The summed E-state index contributed by atoms with van der Waals surface area (Å²) in [6.45, 7) is 0. The second-order valence-corrected chi connectivity index (χ2v) is 6.45. The number of aromatic amines is 1. The summed E-state index contributed by atoms with van der Waals surface area (Å²) in [6, 6.07) is 21.7. The van der Waals surface area contributed by atoms with Crippen molar-refractivity contribution >= 4 is 40.3 Å². The molecule has 0 spiro atoms. The second-order valence-electron chi connectivity index (χ2n) is 6.45. The van der Waals surface area contributed by atoms with Crippen LogP contribution in [0.3, 0.4) is 0 Å². The number of rotatable bonds is 5. The fourth-order valence-electron chi connectivity index (χ4n) is 3.06. The van der Waals surface area contributed by atoms with Crippen LogP contribution in [0.1, 0.15) is 21.5 Å². The lowest BCUT2D eigenvalue weighted by Crippen LogP contribution is -2.13. The number of anilines is 1. The average Bonchev–Trinajstić information content (AvgIpc) is 3.15. The Labute approximate surface area is 167 Å². The number of nitrogens with one attached hydrogen (secondary N) is 2. The van der Waals surface area contributed by atoms with E-state index in [1.165, 1.54) is 0 Å². The third-order valence-electron chi connectivity index (χ3n) is 4.50. The van der Waals surface area contributed by atoms with Crippen LogP contribution < -0.4 is 11.1 Å². The van der Waals surface area contributed by atoms with Crippen molar-refractivity contribution in [1.29, 1.82) is 0 Å². The molecule has 4 rings (SSSR count). The van der Waals surface area contributed by atoms with Gasteiger partial charge in [0.25, 0.3) is 5.91 Å². The summed E-state index contributed by atoms with van der Waals surface area (Å²) in [4.78, 5) is 31.8. The van der Waals surface area contributed by atoms with Crippen LogP contribution in [-0.2, 0) is 4.79 Å². The molecule has 0 unspecified atom stereocenters. The van der Waals surface area contributed by atoms with Crippen LogP contribution in [0.4, 0.5) is 5.82 Å². The summed E-state index contributed by atoms with van der Waals surface area (Å²) in [5.74, 6) is -0.309. The molecule has 2 aromatic heterocycles. The first kappa shape index (κ1) is 18.2. The second kappa shape index (κ2) is 7.82. The van der Waals surface area contributed by atoms with Gasteiger partial charge in [0.2, 0.25) is 5.91 Å². The molecular weight excluding hydrogens is 364 g/mol. The Hall–Kier alpha value is -4.19. The van der Waals surface area contributed by atoms with Crippen LogP contribution >= 0.6 is 0 Å². The molecule has 4 N–H and O–H groups in total. The number of primary amides is 1. The molecule has 2 aromatic carbocycles. The number of fused-ring (bicyclic) bond motifs is 1. The van der Waals surface area contributed by atoms with Gasteiger partial charge in [-0.3, -0.25) is 9.59 Å². The molecular formula is C23H18N4O2. The Morgan fingerprint density at radius 1 is 0.897 bits per heavy atom. The standard InChI is InChI=1S/C23H18N4O2/c24-21(28)19(15-7-3-1-4-8-15)13-17-14-25-22-18(17)11-12-20(26-22)27-23(29)16-9-5-2-6-10-16/h1-14H,(H2,24,28)(H2,25,26,27,29)/b19-13-. The minimum absolute atomic E-state index is 0.232. The molecule has 142 valence electrons. The van der Waals surface area contributed by atoms with E-state index in [1.807, 2.05) is 42.5 Å². The molecule has 2 amide bonds. The molecule has 0 fully saturated rings. The SMILES string of the molecule is NC(=O)/C(=C\c1c[nH]c2nc(NC(=O)c3ccccc3)ccc12)c1ccccc1. The summed E-state index contributed by atoms with van der Waals surface area (Å²) >= 11 is 0. The van der Waals surface area contributed by atoms with Crippen molar-refractivity contribution in [3.05, 3.63) is 95.7 Å². The highest BCUT2D eigenvalue weighted by Gasteiger charge is 2.12. The minimum Gasteiger partial charge on any atom is -0.366 e. The molecule has 29 heavy (non-hydrogen) atoms. The molecule has 0 saturated heterocycles. The van der Waals surface area contributed by atoms with Crippen LogP contribution in [-0.4, -0.2) is 21.8 Å². The Bertz CT molecular complexity index is 1210. The Morgan fingerprint density at radius 3 is 2.21 bits per heavy atom. The van der Waals surface area contributed by atoms with Gasteiger partial charge in [-0.25, -0.2) is 4.98 Å². The highest BCUT2D eigenvalue weighted by Crippen LogP contribution is 2.24. The molecule has 0 atom stereocenters. The number of nitrogens with zero attached hydrogens (tertiary/aromatic N) is 1. The number of amides is 2. The quantitative estimate of drug-likeness (QED) is 0.457. The van der Waals surface area contributed by atoms with Gasteiger partial charge in [-0.05, 0) is 35.9 Å². The highest BCUT2D eigenvalue weighted by atomic mass is 16.2. The Balaban J connectivity index is 1.65. The zero-order valence-electron chi connectivity index (χ0n) is 15.4. The van der Waals surface area contributed by atoms with Gasteiger partial charge in [0, 0.05) is 28.3 Å². The van der Waals surface area contributed by atoms with Crippen LogP contribution in [0, 0.1) is 0 Å². The Morgan fingerprint density at radius 2 is 1.55 bits per heavy atom. The molecule has 0 radical (unpaired) electrons. The molecule has 0 saturated carbocycles. The Kier molecular flexibility index (Phi) is 4.90. The molecule has 0 aliphatic carbocycles. The van der Waals surface area contributed by atoms with Crippen molar-refractivity contribution in [3.8, 4) is 0 Å². The van der Waals surface area contributed by atoms with Crippen molar-refractivity contribution in [1.82, 2.24) is 9.97 Å². The van der Waals surface area contributed by atoms with Gasteiger partial charge >= 0.3 is 0 Å². The lowest BCUT2D eigenvalue weighted by atomic mass is 10.0. The van der Waals surface area contributed by atoms with Gasteiger partial charge in [0.05, 0.1) is 0 Å². The van der Waals surface area contributed by atoms with Gasteiger partial charge in [-0.2, -0.15) is 0 Å². The first-order valence-electron chi connectivity index (χ1n) is 9.03. The van der Waals surface area contributed by atoms with E-state index in [2.05, 4.69) is 15.3 Å². The summed E-state index contributed by atoms with van der Waals surface area (Å²) in [7, 11) is 0. The van der Waals surface area contributed by atoms with E-state index >= 15 is 0 Å². The topological polar surface area (TPSA) is 101 Å². The molecule has 0 aliphatic heterocycles. The predicted octanol–water partition coefficient (Wildman–Crippen LogP) is 3.84. The van der Waals surface area contributed by atoms with E-state index in [1.54, 1.807) is 42.6 Å². The highest BCUT2D eigenvalue weighted by molar-refractivity contribution is 6.24. The number of pyridine rings is 1. The third-order valence-corrected chi connectivity index (χ3v) is 4.50.